The predicted molar refractivity (Wildman–Crippen MR) is 73.1 cm³/mol. The zero-order valence-corrected chi connectivity index (χ0v) is 12.1. The van der Waals surface area contributed by atoms with Gasteiger partial charge < -0.3 is 14.2 Å². The third kappa shape index (κ3) is 6.36. The number of hydrogen-bond acceptors (Lipinski definition) is 4. The fourth-order valence-electron chi connectivity index (χ4n) is 1.45. The summed E-state index contributed by atoms with van der Waals surface area (Å²) in [5.41, 5.74) is 1.43. The summed E-state index contributed by atoms with van der Waals surface area (Å²) in [4.78, 5) is 11.2. The molecule has 1 aromatic carbocycles. The van der Waals surface area contributed by atoms with E-state index in [4.69, 9.17) is 9.47 Å². The van der Waals surface area contributed by atoms with Crippen LogP contribution >= 0.6 is 0 Å². The minimum absolute atomic E-state index is 0.133. The zero-order valence-electron chi connectivity index (χ0n) is 12.1. The number of esters is 1. The van der Waals surface area contributed by atoms with Crippen molar-refractivity contribution in [3.8, 4) is 0 Å². The first-order valence-electron chi connectivity index (χ1n) is 6.31. The van der Waals surface area contributed by atoms with Crippen molar-refractivity contribution >= 4 is 5.97 Å². The third-order valence-electron chi connectivity index (χ3n) is 2.41. The minimum atomic E-state index is -0.328. The van der Waals surface area contributed by atoms with Crippen LogP contribution < -0.4 is 0 Å². The molecule has 1 aromatic rings. The lowest BCUT2D eigenvalue weighted by Crippen LogP contribution is -2.21. The van der Waals surface area contributed by atoms with E-state index in [-0.39, 0.29) is 11.6 Å². The van der Waals surface area contributed by atoms with Gasteiger partial charge in [-0.2, -0.15) is 0 Å². The molecule has 4 heteroatoms. The van der Waals surface area contributed by atoms with Crippen molar-refractivity contribution in [2.24, 2.45) is 0 Å². The summed E-state index contributed by atoms with van der Waals surface area (Å²) in [5.74, 6) is -0.328. The number of hydrogen-bond donors (Lipinski definition) is 0. The van der Waals surface area contributed by atoms with Gasteiger partial charge in [0, 0.05) is 0 Å². The Bertz CT molecular complexity index is 390. The molecule has 0 unspecified atom stereocenters. The zero-order chi connectivity index (χ0) is 14.3. The number of carbonyl (C=O) groups excluding carboxylic acids is 1. The summed E-state index contributed by atoms with van der Waals surface area (Å²) in [5, 5.41) is 0. The van der Waals surface area contributed by atoms with Gasteiger partial charge in [0.25, 0.3) is 0 Å². The van der Waals surface area contributed by atoms with Crippen molar-refractivity contribution in [2.75, 3.05) is 20.3 Å². The molecule has 0 aliphatic heterocycles. The molecule has 0 spiro atoms. The Kier molecular flexibility index (Phi) is 5.99. The standard InChI is InChI=1S/C15H22O4/c1-15(2,3)19-10-9-18-11-12-5-7-13(8-6-12)14(16)17-4/h5-8H,9-11H2,1-4H3. The first kappa shape index (κ1) is 15.7. The monoisotopic (exact) mass is 266 g/mol. The Hall–Kier alpha value is -1.39. The largest absolute Gasteiger partial charge is 0.465 e. The van der Waals surface area contributed by atoms with Crippen molar-refractivity contribution in [2.45, 2.75) is 33.0 Å². The maximum absolute atomic E-state index is 11.2. The maximum Gasteiger partial charge on any atom is 0.337 e. The number of rotatable bonds is 6. The van der Waals surface area contributed by atoms with Crippen LogP contribution in [0.25, 0.3) is 0 Å². The second kappa shape index (κ2) is 7.26. The molecule has 0 aliphatic rings. The molecule has 19 heavy (non-hydrogen) atoms. The van der Waals surface area contributed by atoms with E-state index in [1.807, 2.05) is 32.9 Å². The van der Waals surface area contributed by atoms with Crippen molar-refractivity contribution in [3.63, 3.8) is 0 Å². The summed E-state index contributed by atoms with van der Waals surface area (Å²) in [6.45, 7) is 7.67. The van der Waals surface area contributed by atoms with E-state index in [1.54, 1.807) is 12.1 Å². The van der Waals surface area contributed by atoms with Crippen LogP contribution in [-0.2, 0) is 20.8 Å². The Balaban J connectivity index is 2.29. The smallest absolute Gasteiger partial charge is 0.337 e. The van der Waals surface area contributed by atoms with E-state index < -0.39 is 0 Å². The van der Waals surface area contributed by atoms with Crippen molar-refractivity contribution in [1.82, 2.24) is 0 Å². The van der Waals surface area contributed by atoms with Crippen LogP contribution in [0.15, 0.2) is 24.3 Å². The molecule has 106 valence electrons. The van der Waals surface area contributed by atoms with Gasteiger partial charge in [-0.05, 0) is 38.5 Å². The molecule has 0 atom stereocenters. The quantitative estimate of drug-likeness (QED) is 0.586. The molecule has 4 nitrogen and oxygen atoms in total. The van der Waals surface area contributed by atoms with E-state index in [9.17, 15) is 4.79 Å². The molecule has 0 bridgehead atoms. The predicted octanol–water partition coefficient (Wildman–Crippen LogP) is 2.80. The van der Waals surface area contributed by atoms with Crippen LogP contribution in [0.2, 0.25) is 0 Å². The van der Waals surface area contributed by atoms with Crippen molar-refractivity contribution in [1.29, 1.82) is 0 Å². The van der Waals surface area contributed by atoms with E-state index in [0.29, 0.717) is 25.4 Å². The number of benzene rings is 1. The summed E-state index contributed by atoms with van der Waals surface area (Å²) >= 11 is 0. The summed E-state index contributed by atoms with van der Waals surface area (Å²) < 4.78 is 15.7. The molecule has 0 heterocycles. The average Bonchev–Trinajstić information content (AvgIpc) is 2.37. The Morgan fingerprint density at radius 1 is 1.11 bits per heavy atom. The first-order valence-corrected chi connectivity index (χ1v) is 6.31. The molecule has 0 aliphatic carbocycles. The lowest BCUT2D eigenvalue weighted by molar-refractivity contribution is -0.0376. The Morgan fingerprint density at radius 2 is 1.74 bits per heavy atom. The molecule has 0 fully saturated rings. The minimum Gasteiger partial charge on any atom is -0.465 e. The lowest BCUT2D eigenvalue weighted by atomic mass is 10.1. The van der Waals surface area contributed by atoms with E-state index in [0.717, 1.165) is 5.56 Å². The highest BCUT2D eigenvalue weighted by atomic mass is 16.5. The fourth-order valence-corrected chi connectivity index (χ4v) is 1.45. The molecular formula is C15H22O4. The highest BCUT2D eigenvalue weighted by Gasteiger charge is 2.09. The highest BCUT2D eigenvalue weighted by molar-refractivity contribution is 5.89. The van der Waals surface area contributed by atoms with Crippen molar-refractivity contribution in [3.05, 3.63) is 35.4 Å². The van der Waals surface area contributed by atoms with Gasteiger partial charge in [0.2, 0.25) is 0 Å². The van der Waals surface area contributed by atoms with Gasteiger partial charge in [-0.1, -0.05) is 12.1 Å². The highest BCUT2D eigenvalue weighted by Crippen LogP contribution is 2.08. The SMILES string of the molecule is COC(=O)c1ccc(COCCOC(C)(C)C)cc1. The second-order valence-electron chi connectivity index (χ2n) is 5.20. The summed E-state index contributed by atoms with van der Waals surface area (Å²) in [6.07, 6.45) is 0. The Morgan fingerprint density at radius 3 is 2.26 bits per heavy atom. The maximum atomic E-state index is 11.2. The van der Waals surface area contributed by atoms with Gasteiger partial charge in [0.05, 0.1) is 38.1 Å². The number of carbonyl (C=O) groups is 1. The first-order chi connectivity index (χ1) is 8.92. The lowest BCUT2D eigenvalue weighted by Gasteiger charge is -2.19. The second-order valence-corrected chi connectivity index (χ2v) is 5.20. The molecule has 0 saturated carbocycles. The molecule has 0 N–H and O–H groups in total. The van der Waals surface area contributed by atoms with Crippen LogP contribution in [0.5, 0.6) is 0 Å². The fraction of sp³-hybridized carbons (Fsp3) is 0.533. The molecule has 0 radical (unpaired) electrons. The molecule has 1 rings (SSSR count). The van der Waals surface area contributed by atoms with Crippen molar-refractivity contribution < 1.29 is 19.0 Å². The number of ether oxygens (including phenoxy) is 3. The Labute approximate surface area is 114 Å². The van der Waals surface area contributed by atoms with Gasteiger partial charge in [-0.25, -0.2) is 4.79 Å². The van der Waals surface area contributed by atoms with Gasteiger partial charge in [0.1, 0.15) is 0 Å². The summed E-state index contributed by atoms with van der Waals surface area (Å²) in [6, 6.07) is 7.18. The molecule has 0 saturated heterocycles. The molecular weight excluding hydrogens is 244 g/mol. The normalized spacial score (nSPS) is 11.4. The summed E-state index contributed by atoms with van der Waals surface area (Å²) in [7, 11) is 1.37. The van der Waals surface area contributed by atoms with Gasteiger partial charge in [0.15, 0.2) is 0 Å². The average molecular weight is 266 g/mol. The van der Waals surface area contributed by atoms with E-state index in [2.05, 4.69) is 4.74 Å². The molecule has 0 amide bonds. The molecule has 0 aromatic heterocycles. The van der Waals surface area contributed by atoms with Gasteiger partial charge >= 0.3 is 5.97 Å². The van der Waals surface area contributed by atoms with E-state index >= 15 is 0 Å². The van der Waals surface area contributed by atoms with Crippen LogP contribution in [0, 0.1) is 0 Å². The van der Waals surface area contributed by atoms with E-state index in [1.165, 1.54) is 7.11 Å². The van der Waals surface area contributed by atoms with Crippen LogP contribution in [0.3, 0.4) is 0 Å². The topological polar surface area (TPSA) is 44.8 Å². The van der Waals surface area contributed by atoms with Gasteiger partial charge in [-0.15, -0.1) is 0 Å². The van der Waals surface area contributed by atoms with Crippen LogP contribution in [0.1, 0.15) is 36.7 Å². The number of methoxy groups -OCH3 is 1. The van der Waals surface area contributed by atoms with Crippen LogP contribution in [-0.4, -0.2) is 31.9 Å². The third-order valence-corrected chi connectivity index (χ3v) is 2.41. The van der Waals surface area contributed by atoms with Gasteiger partial charge in [-0.3, -0.25) is 0 Å². The van der Waals surface area contributed by atoms with Crippen LogP contribution in [0.4, 0.5) is 0 Å².